The zero-order chi connectivity index (χ0) is 12.1. The molecule has 1 atom stereocenters. The minimum Gasteiger partial charge on any atom is -0.335 e. The van der Waals surface area contributed by atoms with Crippen molar-refractivity contribution < 1.29 is 4.79 Å². The molecule has 1 amide bonds. The monoisotopic (exact) mass is 237 g/mol. The van der Waals surface area contributed by atoms with Crippen LogP contribution in [0.5, 0.6) is 0 Å². The minimum atomic E-state index is 0.185. The first-order valence-corrected chi connectivity index (χ1v) is 6.67. The lowest BCUT2D eigenvalue weighted by molar-refractivity contribution is -0.127. The number of rotatable bonds is 3. The second kappa shape index (κ2) is 6.17. The van der Waals surface area contributed by atoms with E-state index in [2.05, 4.69) is 10.2 Å². The average molecular weight is 237 g/mol. The van der Waals surface area contributed by atoms with Crippen molar-refractivity contribution in [1.82, 2.24) is 15.1 Å². The van der Waals surface area contributed by atoms with Crippen LogP contribution >= 0.6 is 0 Å². The number of allylic oxidation sites excluding steroid dienone is 1. The van der Waals surface area contributed by atoms with Crippen LogP contribution in [0.2, 0.25) is 0 Å². The Balaban J connectivity index is 1.87. The molecule has 0 aliphatic carbocycles. The number of nitrogens with zero attached hydrogens (tertiary/aromatic N) is 2. The summed E-state index contributed by atoms with van der Waals surface area (Å²) < 4.78 is 0. The highest BCUT2D eigenvalue weighted by Crippen LogP contribution is 2.18. The van der Waals surface area contributed by atoms with Crippen LogP contribution in [0, 0.1) is 0 Å². The number of carbonyl (C=O) groups is 1. The van der Waals surface area contributed by atoms with Crippen molar-refractivity contribution in [2.45, 2.75) is 25.8 Å². The van der Waals surface area contributed by atoms with E-state index in [0.29, 0.717) is 6.04 Å². The molecule has 2 heterocycles. The molecule has 1 unspecified atom stereocenters. The van der Waals surface area contributed by atoms with Gasteiger partial charge in [-0.15, -0.1) is 0 Å². The molecule has 4 nitrogen and oxygen atoms in total. The van der Waals surface area contributed by atoms with Gasteiger partial charge in [-0.25, -0.2) is 0 Å². The van der Waals surface area contributed by atoms with Gasteiger partial charge in [-0.3, -0.25) is 9.69 Å². The maximum atomic E-state index is 11.9. The van der Waals surface area contributed by atoms with Gasteiger partial charge in [-0.2, -0.15) is 0 Å². The molecule has 0 aromatic rings. The summed E-state index contributed by atoms with van der Waals surface area (Å²) in [4.78, 5) is 16.4. The van der Waals surface area contributed by atoms with Gasteiger partial charge in [0.2, 0.25) is 5.91 Å². The second-order valence-electron chi connectivity index (χ2n) is 4.88. The quantitative estimate of drug-likeness (QED) is 0.724. The molecule has 0 aromatic heterocycles. The third kappa shape index (κ3) is 3.30. The van der Waals surface area contributed by atoms with E-state index < -0.39 is 0 Å². The van der Waals surface area contributed by atoms with Gasteiger partial charge in [-0.05, 0) is 25.8 Å². The van der Waals surface area contributed by atoms with E-state index in [9.17, 15) is 4.79 Å². The summed E-state index contributed by atoms with van der Waals surface area (Å²) >= 11 is 0. The van der Waals surface area contributed by atoms with Gasteiger partial charge in [0.25, 0.3) is 0 Å². The van der Waals surface area contributed by atoms with Crippen LogP contribution < -0.4 is 5.32 Å². The number of hydrogen-bond donors (Lipinski definition) is 1. The Morgan fingerprint density at radius 2 is 2.12 bits per heavy atom. The van der Waals surface area contributed by atoms with Gasteiger partial charge in [0.15, 0.2) is 0 Å². The summed E-state index contributed by atoms with van der Waals surface area (Å²) in [5.41, 5.74) is 0. The van der Waals surface area contributed by atoms with E-state index in [4.69, 9.17) is 0 Å². The Morgan fingerprint density at radius 3 is 2.82 bits per heavy atom. The zero-order valence-corrected chi connectivity index (χ0v) is 10.7. The van der Waals surface area contributed by atoms with Crippen molar-refractivity contribution in [3.8, 4) is 0 Å². The Morgan fingerprint density at radius 1 is 1.35 bits per heavy atom. The number of likely N-dealkylation sites (tertiary alicyclic amines) is 1. The Kier molecular flexibility index (Phi) is 4.57. The first-order valence-electron chi connectivity index (χ1n) is 6.67. The minimum absolute atomic E-state index is 0.185. The molecule has 0 aromatic carbocycles. The molecule has 2 aliphatic rings. The van der Waals surface area contributed by atoms with Crippen LogP contribution in [0.25, 0.3) is 0 Å². The average Bonchev–Trinajstić information content (AvgIpc) is 2.79. The van der Waals surface area contributed by atoms with E-state index in [1.165, 1.54) is 0 Å². The summed E-state index contributed by atoms with van der Waals surface area (Å²) in [6.07, 6.45) is 5.84. The summed E-state index contributed by atoms with van der Waals surface area (Å²) in [5, 5.41) is 3.36. The van der Waals surface area contributed by atoms with Gasteiger partial charge in [0.1, 0.15) is 0 Å². The van der Waals surface area contributed by atoms with Crippen molar-refractivity contribution >= 4 is 5.91 Å². The number of piperazine rings is 1. The molecule has 2 rings (SSSR count). The fourth-order valence-electron chi connectivity index (χ4n) is 2.75. The van der Waals surface area contributed by atoms with Crippen LogP contribution in [0.15, 0.2) is 12.2 Å². The van der Waals surface area contributed by atoms with Crippen LogP contribution in [0.3, 0.4) is 0 Å². The first kappa shape index (κ1) is 12.6. The predicted molar refractivity (Wildman–Crippen MR) is 68.9 cm³/mol. The first-order chi connectivity index (χ1) is 8.31. The maximum absolute atomic E-state index is 11.9. The number of hydrogen-bond acceptors (Lipinski definition) is 3. The second-order valence-corrected chi connectivity index (χ2v) is 4.88. The van der Waals surface area contributed by atoms with Crippen molar-refractivity contribution in [2.75, 3.05) is 39.3 Å². The lowest BCUT2D eigenvalue weighted by atomic mass is 10.2. The van der Waals surface area contributed by atoms with Crippen molar-refractivity contribution in [3.05, 3.63) is 12.2 Å². The Hall–Kier alpha value is -0.870. The van der Waals surface area contributed by atoms with E-state index in [1.807, 2.05) is 17.9 Å². The summed E-state index contributed by atoms with van der Waals surface area (Å²) in [6.45, 7) is 8.26. The van der Waals surface area contributed by atoms with Crippen molar-refractivity contribution in [2.24, 2.45) is 0 Å². The van der Waals surface area contributed by atoms with Crippen LogP contribution in [-0.2, 0) is 4.79 Å². The molecule has 17 heavy (non-hydrogen) atoms. The number of carbonyl (C=O) groups excluding carboxylic acids is 1. The smallest absolute Gasteiger partial charge is 0.246 e. The molecule has 4 heteroatoms. The molecule has 96 valence electrons. The van der Waals surface area contributed by atoms with Crippen LogP contribution in [-0.4, -0.2) is 61.0 Å². The highest BCUT2D eigenvalue weighted by atomic mass is 16.2. The standard InChI is InChI=1S/C13H23N3O/c1-2-4-13(17)16-8-3-5-12(16)11-15-9-6-14-7-10-15/h2,4,12,14H,3,5-11H2,1H3/b4-2+. The van der Waals surface area contributed by atoms with Gasteiger partial charge in [0, 0.05) is 45.3 Å². The molecule has 2 saturated heterocycles. The van der Waals surface area contributed by atoms with Gasteiger partial charge >= 0.3 is 0 Å². The molecular weight excluding hydrogens is 214 g/mol. The fourth-order valence-corrected chi connectivity index (χ4v) is 2.75. The molecule has 0 radical (unpaired) electrons. The summed E-state index contributed by atoms with van der Waals surface area (Å²) in [7, 11) is 0. The molecule has 2 aliphatic heterocycles. The molecular formula is C13H23N3O. The highest BCUT2D eigenvalue weighted by molar-refractivity contribution is 5.88. The van der Waals surface area contributed by atoms with Crippen molar-refractivity contribution in [1.29, 1.82) is 0 Å². The van der Waals surface area contributed by atoms with Crippen LogP contribution in [0.4, 0.5) is 0 Å². The van der Waals surface area contributed by atoms with Gasteiger partial charge in [-0.1, -0.05) is 6.08 Å². The number of amides is 1. The largest absolute Gasteiger partial charge is 0.335 e. The highest BCUT2D eigenvalue weighted by Gasteiger charge is 2.29. The van der Waals surface area contributed by atoms with Crippen molar-refractivity contribution in [3.63, 3.8) is 0 Å². The van der Waals surface area contributed by atoms with E-state index in [-0.39, 0.29) is 5.91 Å². The maximum Gasteiger partial charge on any atom is 0.246 e. The lowest BCUT2D eigenvalue weighted by Crippen LogP contribution is -2.49. The lowest BCUT2D eigenvalue weighted by Gasteiger charge is -2.32. The zero-order valence-electron chi connectivity index (χ0n) is 10.7. The SMILES string of the molecule is C/C=C/C(=O)N1CCCC1CN1CCNCC1. The Labute approximate surface area is 104 Å². The third-order valence-electron chi connectivity index (χ3n) is 3.65. The molecule has 1 N–H and O–H groups in total. The Bertz CT molecular complexity index is 284. The predicted octanol–water partition coefficient (Wildman–Crippen LogP) is 0.459. The molecule has 0 bridgehead atoms. The number of nitrogens with one attached hydrogen (secondary N) is 1. The van der Waals surface area contributed by atoms with E-state index >= 15 is 0 Å². The summed E-state index contributed by atoms with van der Waals surface area (Å²) in [6, 6.07) is 0.428. The summed E-state index contributed by atoms with van der Waals surface area (Å²) in [5.74, 6) is 0.185. The fraction of sp³-hybridized carbons (Fsp3) is 0.769. The van der Waals surface area contributed by atoms with E-state index in [0.717, 1.165) is 52.1 Å². The topological polar surface area (TPSA) is 35.6 Å². The molecule has 2 fully saturated rings. The normalized spacial score (nSPS) is 26.9. The van der Waals surface area contributed by atoms with Gasteiger partial charge < -0.3 is 10.2 Å². The third-order valence-corrected chi connectivity index (χ3v) is 3.65. The van der Waals surface area contributed by atoms with E-state index in [1.54, 1.807) is 6.08 Å². The molecule has 0 spiro atoms. The van der Waals surface area contributed by atoms with Crippen LogP contribution in [0.1, 0.15) is 19.8 Å². The molecule has 0 saturated carbocycles. The van der Waals surface area contributed by atoms with Gasteiger partial charge in [0.05, 0.1) is 0 Å².